The highest BCUT2D eigenvalue weighted by Gasteiger charge is 2.25. The van der Waals surface area contributed by atoms with E-state index in [1.54, 1.807) is 0 Å². The van der Waals surface area contributed by atoms with Gasteiger partial charge in [-0.05, 0) is 5.41 Å². The highest BCUT2D eigenvalue weighted by Crippen LogP contribution is 2.23. The number of nitrogens with two attached hydrogens (primary N) is 1. The Bertz CT molecular complexity index is 442. The van der Waals surface area contributed by atoms with E-state index in [9.17, 15) is 4.79 Å². The van der Waals surface area contributed by atoms with E-state index in [1.807, 2.05) is 4.68 Å². The number of carbonyl (C=O) groups is 1. The van der Waals surface area contributed by atoms with Crippen molar-refractivity contribution in [2.45, 2.75) is 40.3 Å². The highest BCUT2D eigenvalue weighted by atomic mass is 16.1. The standard InChI is InChI=1S/C12H20N4O/c1-12(2,3)7-16-9-4-5-14-6-8(9)10(15-16)11(13)17/h14H,4-7H2,1-3H3,(H2,13,17). The van der Waals surface area contributed by atoms with Gasteiger partial charge in [0, 0.05) is 37.3 Å². The van der Waals surface area contributed by atoms with Crippen LogP contribution in [0.5, 0.6) is 0 Å². The first-order chi connectivity index (χ1) is 7.88. The summed E-state index contributed by atoms with van der Waals surface area (Å²) in [7, 11) is 0. The van der Waals surface area contributed by atoms with Crippen LogP contribution in [-0.2, 0) is 19.5 Å². The number of carbonyl (C=O) groups excluding carboxylic acids is 1. The third kappa shape index (κ3) is 2.49. The maximum Gasteiger partial charge on any atom is 0.269 e. The van der Waals surface area contributed by atoms with Gasteiger partial charge < -0.3 is 11.1 Å². The van der Waals surface area contributed by atoms with Crippen LogP contribution in [0.3, 0.4) is 0 Å². The number of hydrogen-bond acceptors (Lipinski definition) is 3. The summed E-state index contributed by atoms with van der Waals surface area (Å²) in [6, 6.07) is 0. The summed E-state index contributed by atoms with van der Waals surface area (Å²) >= 11 is 0. The molecular formula is C12H20N4O. The first-order valence-corrected chi connectivity index (χ1v) is 5.97. The van der Waals surface area contributed by atoms with Crippen molar-refractivity contribution >= 4 is 5.91 Å². The summed E-state index contributed by atoms with van der Waals surface area (Å²) in [5, 5.41) is 7.63. The lowest BCUT2D eigenvalue weighted by Gasteiger charge is -2.21. The zero-order chi connectivity index (χ0) is 12.6. The second kappa shape index (κ2) is 4.14. The summed E-state index contributed by atoms with van der Waals surface area (Å²) in [6.45, 7) is 8.91. The van der Waals surface area contributed by atoms with Gasteiger partial charge in [0.1, 0.15) is 0 Å². The van der Waals surface area contributed by atoms with Gasteiger partial charge >= 0.3 is 0 Å². The molecule has 1 aliphatic rings. The van der Waals surface area contributed by atoms with E-state index in [2.05, 4.69) is 31.2 Å². The molecular weight excluding hydrogens is 216 g/mol. The molecule has 0 saturated heterocycles. The van der Waals surface area contributed by atoms with Crippen LogP contribution in [0, 0.1) is 5.41 Å². The fraction of sp³-hybridized carbons (Fsp3) is 0.667. The van der Waals surface area contributed by atoms with Gasteiger partial charge in [0.25, 0.3) is 5.91 Å². The van der Waals surface area contributed by atoms with Crippen molar-refractivity contribution in [3.05, 3.63) is 17.0 Å². The van der Waals surface area contributed by atoms with Gasteiger partial charge in [0.2, 0.25) is 0 Å². The zero-order valence-electron chi connectivity index (χ0n) is 10.7. The molecule has 1 aliphatic heterocycles. The van der Waals surface area contributed by atoms with Crippen LogP contribution < -0.4 is 11.1 Å². The van der Waals surface area contributed by atoms with Crippen molar-refractivity contribution in [3.8, 4) is 0 Å². The van der Waals surface area contributed by atoms with Gasteiger partial charge in [-0.25, -0.2) is 0 Å². The Labute approximate surface area is 101 Å². The van der Waals surface area contributed by atoms with E-state index < -0.39 is 5.91 Å². The number of amides is 1. The molecule has 0 fully saturated rings. The molecule has 1 amide bonds. The van der Waals surface area contributed by atoms with Crippen LogP contribution in [0.2, 0.25) is 0 Å². The van der Waals surface area contributed by atoms with Crippen LogP contribution in [0.1, 0.15) is 42.5 Å². The normalized spacial score (nSPS) is 15.7. The van der Waals surface area contributed by atoms with Crippen LogP contribution in [-0.4, -0.2) is 22.2 Å². The average Bonchev–Trinajstić information content (AvgIpc) is 2.55. The predicted octanol–water partition coefficient (Wildman–Crippen LogP) is 0.674. The second-order valence-electron chi connectivity index (χ2n) is 5.78. The number of primary amides is 1. The van der Waals surface area contributed by atoms with Gasteiger partial charge in [-0.3, -0.25) is 9.48 Å². The van der Waals surface area contributed by atoms with Crippen molar-refractivity contribution in [1.29, 1.82) is 0 Å². The number of rotatable bonds is 2. The zero-order valence-corrected chi connectivity index (χ0v) is 10.7. The topological polar surface area (TPSA) is 72.9 Å². The lowest BCUT2D eigenvalue weighted by atomic mass is 9.96. The van der Waals surface area contributed by atoms with Crippen LogP contribution in [0.15, 0.2) is 0 Å². The summed E-state index contributed by atoms with van der Waals surface area (Å²) in [5.41, 5.74) is 8.08. The fourth-order valence-corrected chi connectivity index (χ4v) is 2.20. The molecule has 0 spiro atoms. The molecule has 0 radical (unpaired) electrons. The third-order valence-electron chi connectivity index (χ3n) is 2.86. The number of hydrogen-bond donors (Lipinski definition) is 2. The largest absolute Gasteiger partial charge is 0.364 e. The molecule has 0 bridgehead atoms. The Hall–Kier alpha value is -1.36. The molecule has 17 heavy (non-hydrogen) atoms. The Morgan fingerprint density at radius 2 is 2.24 bits per heavy atom. The monoisotopic (exact) mass is 236 g/mol. The summed E-state index contributed by atoms with van der Waals surface area (Å²) in [4.78, 5) is 11.4. The SMILES string of the molecule is CC(C)(C)Cn1nc(C(N)=O)c2c1CCNC2. The summed E-state index contributed by atoms with van der Waals surface area (Å²) in [6.07, 6.45) is 0.908. The molecule has 0 saturated carbocycles. The average molecular weight is 236 g/mol. The molecule has 1 aromatic rings. The maximum atomic E-state index is 11.4. The highest BCUT2D eigenvalue weighted by molar-refractivity contribution is 5.92. The Morgan fingerprint density at radius 1 is 1.53 bits per heavy atom. The van der Waals surface area contributed by atoms with Gasteiger partial charge in [0.05, 0.1) is 0 Å². The smallest absolute Gasteiger partial charge is 0.269 e. The number of nitrogens with zero attached hydrogens (tertiary/aromatic N) is 2. The van der Waals surface area contributed by atoms with E-state index in [4.69, 9.17) is 5.73 Å². The Kier molecular flexibility index (Phi) is 2.95. The first kappa shape index (κ1) is 12.1. The summed E-state index contributed by atoms with van der Waals surface area (Å²) < 4.78 is 1.95. The molecule has 0 unspecified atom stereocenters. The molecule has 3 N–H and O–H groups in total. The Balaban J connectivity index is 2.42. The third-order valence-corrected chi connectivity index (χ3v) is 2.86. The molecule has 94 valence electrons. The molecule has 5 heteroatoms. The van der Waals surface area contributed by atoms with E-state index in [-0.39, 0.29) is 5.41 Å². The van der Waals surface area contributed by atoms with Crippen LogP contribution in [0.25, 0.3) is 0 Å². The predicted molar refractivity (Wildman–Crippen MR) is 65.6 cm³/mol. The first-order valence-electron chi connectivity index (χ1n) is 5.97. The van der Waals surface area contributed by atoms with Gasteiger partial charge in [0.15, 0.2) is 5.69 Å². The van der Waals surface area contributed by atoms with E-state index in [1.165, 1.54) is 0 Å². The van der Waals surface area contributed by atoms with Crippen molar-refractivity contribution < 1.29 is 4.79 Å². The lowest BCUT2D eigenvalue weighted by Crippen LogP contribution is -2.27. The minimum absolute atomic E-state index is 0.138. The minimum atomic E-state index is -0.433. The second-order valence-corrected chi connectivity index (χ2v) is 5.78. The Morgan fingerprint density at radius 3 is 2.82 bits per heavy atom. The van der Waals surface area contributed by atoms with Gasteiger partial charge in [-0.15, -0.1) is 0 Å². The van der Waals surface area contributed by atoms with E-state index in [0.29, 0.717) is 12.2 Å². The number of nitrogens with one attached hydrogen (secondary N) is 1. The van der Waals surface area contributed by atoms with Gasteiger partial charge in [-0.1, -0.05) is 20.8 Å². The van der Waals surface area contributed by atoms with Crippen molar-refractivity contribution in [2.24, 2.45) is 11.1 Å². The van der Waals surface area contributed by atoms with Crippen molar-refractivity contribution in [1.82, 2.24) is 15.1 Å². The summed E-state index contributed by atoms with van der Waals surface area (Å²) in [5.74, 6) is -0.433. The maximum absolute atomic E-state index is 11.4. The molecule has 5 nitrogen and oxygen atoms in total. The molecule has 0 atom stereocenters. The molecule has 0 aromatic carbocycles. The van der Waals surface area contributed by atoms with Crippen molar-refractivity contribution in [3.63, 3.8) is 0 Å². The van der Waals surface area contributed by atoms with E-state index >= 15 is 0 Å². The lowest BCUT2D eigenvalue weighted by molar-refractivity contribution is 0.0993. The van der Waals surface area contributed by atoms with Crippen LogP contribution in [0.4, 0.5) is 0 Å². The van der Waals surface area contributed by atoms with Crippen molar-refractivity contribution in [2.75, 3.05) is 6.54 Å². The quantitative estimate of drug-likeness (QED) is 0.793. The van der Waals surface area contributed by atoms with E-state index in [0.717, 1.165) is 30.8 Å². The molecule has 2 heterocycles. The number of fused-ring (bicyclic) bond motifs is 1. The molecule has 0 aliphatic carbocycles. The van der Waals surface area contributed by atoms with Crippen LogP contribution >= 0.6 is 0 Å². The van der Waals surface area contributed by atoms with Gasteiger partial charge in [-0.2, -0.15) is 5.10 Å². The number of aromatic nitrogens is 2. The molecule has 1 aromatic heterocycles. The fourth-order valence-electron chi connectivity index (χ4n) is 2.20. The molecule has 2 rings (SSSR count). The minimum Gasteiger partial charge on any atom is -0.364 e.